The van der Waals surface area contributed by atoms with Crippen LogP contribution in [0, 0.1) is 17.7 Å². The number of nitrogens with one attached hydrogen (secondary N) is 1. The Labute approximate surface area is 352 Å². The number of amides is 3. The number of thiazole rings is 1. The average molecular weight is 843 g/mol. The molecular weight excluding hydrogens is 790 g/mol. The first-order valence-electron chi connectivity index (χ1n) is 21.7. The number of anilines is 2. The van der Waals surface area contributed by atoms with Crippen molar-refractivity contribution in [1.82, 2.24) is 29.2 Å². The summed E-state index contributed by atoms with van der Waals surface area (Å²) >= 11 is 1.27. The van der Waals surface area contributed by atoms with Gasteiger partial charge in [0.1, 0.15) is 5.82 Å². The van der Waals surface area contributed by atoms with E-state index in [9.17, 15) is 14.4 Å². The number of benzene rings is 2. The molecule has 318 valence electrons. The van der Waals surface area contributed by atoms with Crippen molar-refractivity contribution in [3.63, 3.8) is 0 Å². The standard InChI is InChI=1S/C45H53F3N8O3S/c46-37-25-32(24-34-35(37)26-56(43(34)59)41(42(58)51-44-49-16-23-60-44)40-38-10-7-17-55(38)29-50-40)30-11-13-33(14-12-30)53-19-21-54(22-20-53)39(57)27-52-18-15-36(45(47,48)28-52)31-8-5-3-1-2-4-6-9-31/h11-14,16,23-25,29,31,36,41H,1-10,15,17-22,26-28H2,(H,49,51,58). The Morgan fingerprint density at radius 1 is 0.883 bits per heavy atom. The molecule has 2 aromatic carbocycles. The third-order valence-electron chi connectivity index (χ3n) is 13.5. The third kappa shape index (κ3) is 8.31. The van der Waals surface area contributed by atoms with Crippen molar-refractivity contribution in [3.05, 3.63) is 82.6 Å². The molecule has 3 fully saturated rings. The van der Waals surface area contributed by atoms with Gasteiger partial charge in [-0.05, 0) is 80.0 Å². The molecule has 0 radical (unpaired) electrons. The first-order chi connectivity index (χ1) is 29.1. The fraction of sp³-hybridized carbons (Fsp3) is 0.533. The summed E-state index contributed by atoms with van der Waals surface area (Å²) < 4.78 is 49.1. The number of carbonyl (C=O) groups is 3. The fourth-order valence-corrected chi connectivity index (χ4v) is 10.9. The fourth-order valence-electron chi connectivity index (χ4n) is 10.3. The van der Waals surface area contributed by atoms with E-state index in [0.29, 0.717) is 55.5 Å². The monoisotopic (exact) mass is 842 g/mol. The molecule has 60 heavy (non-hydrogen) atoms. The molecule has 11 nitrogen and oxygen atoms in total. The Morgan fingerprint density at radius 2 is 1.63 bits per heavy atom. The Bertz CT molecular complexity index is 2180. The number of nitrogens with zero attached hydrogens (tertiary/aromatic N) is 7. The van der Waals surface area contributed by atoms with E-state index in [4.69, 9.17) is 0 Å². The smallest absolute Gasteiger partial charge is 0.263 e. The van der Waals surface area contributed by atoms with Crippen LogP contribution >= 0.6 is 11.3 Å². The highest BCUT2D eigenvalue weighted by Gasteiger charge is 2.48. The van der Waals surface area contributed by atoms with Gasteiger partial charge in [-0.3, -0.25) is 24.6 Å². The lowest BCUT2D eigenvalue weighted by atomic mass is 9.76. The van der Waals surface area contributed by atoms with E-state index in [-0.39, 0.29) is 42.6 Å². The van der Waals surface area contributed by atoms with Gasteiger partial charge >= 0.3 is 0 Å². The molecule has 2 atom stereocenters. The summed E-state index contributed by atoms with van der Waals surface area (Å²) in [6.07, 6.45) is 14.0. The summed E-state index contributed by atoms with van der Waals surface area (Å²) in [4.78, 5) is 57.1. The highest BCUT2D eigenvalue weighted by molar-refractivity contribution is 7.13. The minimum Gasteiger partial charge on any atom is -0.368 e. The number of likely N-dealkylation sites (tertiary alicyclic amines) is 1. The van der Waals surface area contributed by atoms with E-state index >= 15 is 13.2 Å². The van der Waals surface area contributed by atoms with Crippen LogP contribution in [0.5, 0.6) is 0 Å². The molecule has 4 aliphatic heterocycles. The molecule has 5 aliphatic rings. The molecule has 1 saturated carbocycles. The number of hydrogen-bond acceptors (Lipinski definition) is 8. The van der Waals surface area contributed by atoms with Gasteiger partial charge in [0, 0.05) is 72.7 Å². The lowest BCUT2D eigenvalue weighted by Crippen LogP contribution is -2.55. The van der Waals surface area contributed by atoms with Gasteiger partial charge in [0.05, 0.1) is 31.7 Å². The minimum atomic E-state index is -2.78. The molecule has 9 rings (SSSR count). The van der Waals surface area contributed by atoms with Gasteiger partial charge in [-0.25, -0.2) is 23.1 Å². The Kier molecular flexibility index (Phi) is 11.7. The lowest BCUT2D eigenvalue weighted by molar-refractivity contribution is -0.145. The van der Waals surface area contributed by atoms with E-state index in [2.05, 4.69) is 20.2 Å². The highest BCUT2D eigenvalue weighted by atomic mass is 32.1. The SMILES string of the molecule is O=C(Nc1nccs1)C(c1ncn2c1CCC2)N1Cc2c(F)cc(-c3ccc(N4CCN(C(=O)CN5CCC(C6CCCCCCCC6)C(F)(F)C5)CC4)cc3)cc2C1=O. The predicted molar refractivity (Wildman–Crippen MR) is 224 cm³/mol. The molecule has 15 heteroatoms. The number of imidazole rings is 1. The summed E-state index contributed by atoms with van der Waals surface area (Å²) in [5.74, 6) is -4.81. The largest absolute Gasteiger partial charge is 0.368 e. The number of carbonyl (C=O) groups excluding carboxylic acids is 3. The maximum absolute atomic E-state index is 15.9. The van der Waals surface area contributed by atoms with Gasteiger partial charge in [-0.2, -0.15) is 0 Å². The summed E-state index contributed by atoms with van der Waals surface area (Å²) in [6, 6.07) is 9.77. The maximum atomic E-state index is 15.9. The van der Waals surface area contributed by atoms with Crippen molar-refractivity contribution in [2.75, 3.05) is 56.0 Å². The van der Waals surface area contributed by atoms with Crippen LogP contribution in [0.2, 0.25) is 0 Å². The van der Waals surface area contributed by atoms with Gasteiger partial charge in [0.2, 0.25) is 5.91 Å². The van der Waals surface area contributed by atoms with Crippen LogP contribution in [0.15, 0.2) is 54.3 Å². The highest BCUT2D eigenvalue weighted by Crippen LogP contribution is 2.43. The van der Waals surface area contributed by atoms with E-state index in [0.717, 1.165) is 74.9 Å². The van der Waals surface area contributed by atoms with Crippen LogP contribution in [0.1, 0.15) is 97.6 Å². The summed E-state index contributed by atoms with van der Waals surface area (Å²) in [7, 11) is 0. The first-order valence-corrected chi connectivity index (χ1v) is 22.6. The third-order valence-corrected chi connectivity index (χ3v) is 14.2. The van der Waals surface area contributed by atoms with Crippen molar-refractivity contribution in [2.24, 2.45) is 11.8 Å². The van der Waals surface area contributed by atoms with E-state index < -0.39 is 35.5 Å². The quantitative estimate of drug-likeness (QED) is 0.184. The molecule has 3 amide bonds. The minimum absolute atomic E-state index is 0.0190. The molecule has 0 spiro atoms. The molecule has 2 aromatic heterocycles. The topological polar surface area (TPSA) is 107 Å². The van der Waals surface area contributed by atoms with Gasteiger partial charge in [0.25, 0.3) is 17.7 Å². The zero-order valence-corrected chi connectivity index (χ0v) is 34.8. The van der Waals surface area contributed by atoms with Gasteiger partial charge in [0.15, 0.2) is 11.2 Å². The van der Waals surface area contributed by atoms with Gasteiger partial charge in [-0.15, -0.1) is 11.3 Å². The number of rotatable bonds is 9. The number of piperidine rings is 1. The first kappa shape index (κ1) is 40.6. The number of hydrogen-bond donors (Lipinski definition) is 1. The van der Waals surface area contributed by atoms with Crippen LogP contribution in [0.3, 0.4) is 0 Å². The Hall–Kier alpha value is -4.76. The van der Waals surface area contributed by atoms with E-state index in [1.54, 1.807) is 33.8 Å². The zero-order chi connectivity index (χ0) is 41.4. The number of halogens is 3. The van der Waals surface area contributed by atoms with Crippen molar-refractivity contribution in [3.8, 4) is 11.1 Å². The molecule has 0 bridgehead atoms. The van der Waals surface area contributed by atoms with E-state index in [1.165, 1.54) is 35.1 Å². The summed E-state index contributed by atoms with van der Waals surface area (Å²) in [5.41, 5.74) is 4.09. The number of alkyl halides is 2. The van der Waals surface area contributed by atoms with Crippen LogP contribution in [-0.2, 0) is 29.1 Å². The predicted octanol–water partition coefficient (Wildman–Crippen LogP) is 7.78. The zero-order valence-electron chi connectivity index (χ0n) is 34.0. The number of aryl methyl sites for hydroxylation is 1. The van der Waals surface area contributed by atoms with Crippen molar-refractivity contribution in [2.45, 2.75) is 95.7 Å². The van der Waals surface area contributed by atoms with Crippen LogP contribution in [0.4, 0.5) is 24.0 Å². The van der Waals surface area contributed by atoms with Crippen LogP contribution < -0.4 is 10.2 Å². The van der Waals surface area contributed by atoms with Gasteiger partial charge < -0.3 is 19.3 Å². The maximum Gasteiger partial charge on any atom is 0.263 e. The molecular formula is C45H53F3N8O3S. The molecule has 4 aromatic rings. The number of piperazine rings is 1. The Balaban J connectivity index is 0.817. The van der Waals surface area contributed by atoms with Crippen molar-refractivity contribution in [1.29, 1.82) is 0 Å². The summed E-state index contributed by atoms with van der Waals surface area (Å²) in [5, 5.41) is 4.99. The van der Waals surface area contributed by atoms with E-state index in [1.807, 2.05) is 28.8 Å². The van der Waals surface area contributed by atoms with Crippen LogP contribution in [0.25, 0.3) is 11.1 Å². The molecule has 1 aliphatic carbocycles. The second-order valence-electron chi connectivity index (χ2n) is 17.3. The second-order valence-corrected chi connectivity index (χ2v) is 18.2. The molecule has 2 unspecified atom stereocenters. The Morgan fingerprint density at radius 3 is 2.35 bits per heavy atom. The second kappa shape index (κ2) is 17.3. The van der Waals surface area contributed by atoms with Crippen molar-refractivity contribution >= 4 is 39.9 Å². The normalized spacial score (nSPS) is 21.9. The van der Waals surface area contributed by atoms with Gasteiger partial charge in [-0.1, -0.05) is 50.7 Å². The number of fused-ring (bicyclic) bond motifs is 2. The lowest BCUT2D eigenvalue weighted by Gasteiger charge is -2.43. The molecule has 2 saturated heterocycles. The molecule has 6 heterocycles. The number of aromatic nitrogens is 3. The molecule has 1 N–H and O–H groups in total. The summed E-state index contributed by atoms with van der Waals surface area (Å²) in [6.45, 7) is 3.12. The van der Waals surface area contributed by atoms with Crippen molar-refractivity contribution < 1.29 is 27.6 Å². The van der Waals surface area contributed by atoms with Crippen LogP contribution in [-0.4, -0.2) is 98.7 Å². The average Bonchev–Trinajstić information content (AvgIpc) is 4.07.